The van der Waals surface area contributed by atoms with Crippen molar-refractivity contribution in [2.24, 2.45) is 0 Å². The van der Waals surface area contributed by atoms with Gasteiger partial charge in [0.05, 0.1) is 7.66 Å². The number of unbranched alkanes of at least 4 members (excludes halogenated alkanes) is 1. The second-order valence-electron chi connectivity index (χ2n) is 4.85. The fraction of sp³-hybridized carbons (Fsp3) is 0.571. The van der Waals surface area contributed by atoms with Crippen molar-refractivity contribution in [3.8, 4) is 0 Å². The number of nitro groups is 1. The van der Waals surface area contributed by atoms with Gasteiger partial charge < -0.3 is 15.5 Å². The van der Waals surface area contributed by atoms with Crippen molar-refractivity contribution in [3.63, 3.8) is 0 Å². The van der Waals surface area contributed by atoms with Gasteiger partial charge in [0.1, 0.15) is 0 Å². The minimum atomic E-state index is -0.666. The predicted octanol–water partition coefficient (Wildman–Crippen LogP) is 1.69. The summed E-state index contributed by atoms with van der Waals surface area (Å²) >= 11 is 0. The molecular weight excluding hydrogens is 256 g/mol. The van der Waals surface area contributed by atoms with Crippen LogP contribution in [0.4, 0.5) is 11.4 Å². The zero-order valence-electron chi connectivity index (χ0n) is 13.5. The third-order valence-electron chi connectivity index (χ3n) is 3.33. The number of nitrogens with zero attached hydrogens (tertiary/aromatic N) is 2. The zero-order chi connectivity index (χ0) is 15.9. The predicted molar refractivity (Wildman–Crippen MR) is 80.1 cm³/mol. The van der Waals surface area contributed by atoms with Gasteiger partial charge in [-0.25, -0.2) is 0 Å². The molecule has 6 nitrogen and oxygen atoms in total. The van der Waals surface area contributed by atoms with Gasteiger partial charge in [-0.1, -0.05) is 6.07 Å². The Bertz CT molecular complexity index is 522. The van der Waals surface area contributed by atoms with Gasteiger partial charge in [0.15, 0.2) is 0 Å². The lowest BCUT2D eigenvalue weighted by Crippen LogP contribution is -2.43. The number of hydrogen-bond acceptors (Lipinski definition) is 5. The maximum Gasteiger partial charge on any atom is 0.271 e. The number of nitrogens with one attached hydrogen (secondary N) is 2. The molecule has 0 saturated carbocycles. The highest BCUT2D eigenvalue weighted by molar-refractivity contribution is 5.50. The highest BCUT2D eigenvalue weighted by Crippen LogP contribution is 2.16. The van der Waals surface area contributed by atoms with Crippen molar-refractivity contribution in [3.05, 3.63) is 34.3 Å². The molecule has 6 heteroatoms. The fourth-order valence-corrected chi connectivity index (χ4v) is 2.23. The lowest BCUT2D eigenvalue weighted by Gasteiger charge is -2.27. The number of anilines is 1. The number of rotatable bonds is 7. The van der Waals surface area contributed by atoms with E-state index in [0.717, 1.165) is 45.6 Å². The first-order chi connectivity index (χ1) is 10.6. The van der Waals surface area contributed by atoms with Crippen LogP contribution in [0.25, 0.3) is 0 Å². The molecule has 0 amide bonds. The monoisotopic (exact) mass is 280 g/mol. The van der Waals surface area contributed by atoms with Crippen molar-refractivity contribution in [1.82, 2.24) is 10.2 Å². The molecule has 1 aliphatic heterocycles. The van der Waals surface area contributed by atoms with Crippen LogP contribution in [0.5, 0.6) is 0 Å². The number of nitro benzene ring substituents is 1. The molecule has 1 aliphatic rings. The van der Waals surface area contributed by atoms with Crippen LogP contribution in [0.1, 0.15) is 15.6 Å². The second kappa shape index (κ2) is 7.81. The Hall–Kier alpha value is -1.66. The van der Waals surface area contributed by atoms with Gasteiger partial charge >= 0.3 is 0 Å². The Balaban J connectivity index is 1.77. The van der Waals surface area contributed by atoms with Crippen LogP contribution in [0.3, 0.4) is 0 Å². The Morgan fingerprint density at radius 1 is 1.45 bits per heavy atom. The minimum Gasteiger partial charge on any atom is -0.385 e. The fourth-order valence-electron chi connectivity index (χ4n) is 2.23. The largest absolute Gasteiger partial charge is 0.385 e. The molecule has 110 valence electrons. The number of hydrogen-bond donors (Lipinski definition) is 2. The summed E-state index contributed by atoms with van der Waals surface area (Å²) in [7, 11) is 0. The summed E-state index contributed by atoms with van der Waals surface area (Å²) in [5.41, 5.74) is -0.0179. The third-order valence-corrected chi connectivity index (χ3v) is 3.33. The Labute approximate surface area is 122 Å². The van der Waals surface area contributed by atoms with E-state index in [1.54, 1.807) is 6.07 Å². The molecular formula is C14H22N4O2. The van der Waals surface area contributed by atoms with Crippen LogP contribution in [0.2, 0.25) is 0 Å². The van der Waals surface area contributed by atoms with Crippen LogP contribution in [0, 0.1) is 10.1 Å². The van der Waals surface area contributed by atoms with E-state index in [2.05, 4.69) is 15.5 Å². The Kier molecular flexibility index (Phi) is 4.73. The van der Waals surface area contributed by atoms with Crippen LogP contribution < -0.4 is 10.6 Å². The van der Waals surface area contributed by atoms with E-state index in [0.29, 0.717) is 12.2 Å². The minimum absolute atomic E-state index is 0.209. The maximum absolute atomic E-state index is 10.9. The molecule has 1 aromatic carbocycles. The first-order valence-corrected chi connectivity index (χ1v) is 7.01. The quantitative estimate of drug-likeness (QED) is 0.452. The highest BCUT2D eigenvalue weighted by atomic mass is 16.6. The summed E-state index contributed by atoms with van der Waals surface area (Å²) in [6.45, 7) is 5.99. The van der Waals surface area contributed by atoms with Gasteiger partial charge in [0, 0.05) is 50.5 Å². The first-order valence-electron chi connectivity index (χ1n) is 8.01. The second-order valence-corrected chi connectivity index (χ2v) is 4.85. The maximum atomic E-state index is 10.9. The summed E-state index contributed by atoms with van der Waals surface area (Å²) < 4.78 is 15.3. The van der Waals surface area contributed by atoms with Crippen LogP contribution in [-0.4, -0.2) is 49.1 Å². The van der Waals surface area contributed by atoms with Crippen LogP contribution >= 0.6 is 0 Å². The standard InChI is InChI=1S/C14H22N4O2/c19-18(20)14-5-3-4-13(12-14)16-6-1-2-9-17-10-7-15-8-11-17/h3-5,12,15-16H,1-2,6-11H2/i5D,12D. The van der Waals surface area contributed by atoms with E-state index in [1.807, 2.05) is 0 Å². The van der Waals surface area contributed by atoms with E-state index in [9.17, 15) is 10.1 Å². The zero-order valence-corrected chi connectivity index (χ0v) is 11.5. The van der Waals surface area contributed by atoms with Crippen molar-refractivity contribution in [2.75, 3.05) is 44.6 Å². The molecule has 0 aliphatic carbocycles. The van der Waals surface area contributed by atoms with Gasteiger partial charge in [-0.05, 0) is 25.5 Å². The molecule has 0 unspecified atom stereocenters. The van der Waals surface area contributed by atoms with Gasteiger partial charge in [0.25, 0.3) is 5.69 Å². The Morgan fingerprint density at radius 2 is 2.25 bits per heavy atom. The lowest BCUT2D eigenvalue weighted by molar-refractivity contribution is -0.384. The van der Waals surface area contributed by atoms with Gasteiger partial charge in [-0.2, -0.15) is 0 Å². The number of benzene rings is 1. The van der Waals surface area contributed by atoms with Crippen LogP contribution in [0.15, 0.2) is 24.2 Å². The van der Waals surface area contributed by atoms with E-state index in [4.69, 9.17) is 2.74 Å². The van der Waals surface area contributed by atoms with Gasteiger partial charge in [0.2, 0.25) is 0 Å². The van der Waals surface area contributed by atoms with Gasteiger partial charge in [-0.15, -0.1) is 0 Å². The molecule has 1 fully saturated rings. The molecule has 0 radical (unpaired) electrons. The summed E-state index contributed by atoms with van der Waals surface area (Å²) in [5.74, 6) is 0. The van der Waals surface area contributed by atoms with E-state index in [-0.39, 0.29) is 12.1 Å². The smallest absolute Gasteiger partial charge is 0.271 e. The molecule has 2 rings (SSSR count). The SMILES string of the molecule is [2H]c1ccc(NCCCCN2CCNCC2)c([2H])c1[N+](=O)[O-]. The van der Waals surface area contributed by atoms with Crippen LogP contribution in [-0.2, 0) is 0 Å². The van der Waals surface area contributed by atoms with Crippen molar-refractivity contribution in [1.29, 1.82) is 0 Å². The van der Waals surface area contributed by atoms with Gasteiger partial charge in [-0.3, -0.25) is 10.1 Å². The average Bonchev–Trinajstić information content (AvgIpc) is 2.50. The molecule has 1 aromatic rings. The molecule has 0 atom stereocenters. The van der Waals surface area contributed by atoms with E-state index in [1.165, 1.54) is 6.07 Å². The molecule has 1 heterocycles. The molecule has 1 saturated heterocycles. The summed E-state index contributed by atoms with van der Waals surface area (Å²) in [4.78, 5) is 12.6. The normalized spacial score (nSPS) is 17.4. The lowest BCUT2D eigenvalue weighted by atomic mass is 10.2. The highest BCUT2D eigenvalue weighted by Gasteiger charge is 2.08. The number of piperazine rings is 1. The molecule has 0 aromatic heterocycles. The summed E-state index contributed by atoms with van der Waals surface area (Å²) in [6, 6.07) is 2.49. The van der Waals surface area contributed by atoms with E-state index >= 15 is 0 Å². The van der Waals surface area contributed by atoms with Crippen molar-refractivity contribution in [2.45, 2.75) is 12.8 Å². The third kappa shape index (κ3) is 4.79. The molecule has 0 bridgehead atoms. The van der Waals surface area contributed by atoms with E-state index < -0.39 is 10.6 Å². The topological polar surface area (TPSA) is 70.4 Å². The molecule has 2 N–H and O–H groups in total. The Morgan fingerprint density at radius 3 is 3.00 bits per heavy atom. The summed E-state index contributed by atoms with van der Waals surface area (Å²) in [5, 5.41) is 17.3. The average molecular weight is 280 g/mol. The summed E-state index contributed by atoms with van der Waals surface area (Å²) in [6.07, 6.45) is 2.00. The van der Waals surface area contributed by atoms with Crippen molar-refractivity contribution >= 4 is 11.4 Å². The molecule has 20 heavy (non-hydrogen) atoms. The van der Waals surface area contributed by atoms with Crippen molar-refractivity contribution < 1.29 is 7.66 Å². The molecule has 0 spiro atoms. The first kappa shape index (κ1) is 12.1.